The van der Waals surface area contributed by atoms with Crippen LogP contribution in [0.1, 0.15) is 35.0 Å². The van der Waals surface area contributed by atoms with Gasteiger partial charge in [-0.1, -0.05) is 13.3 Å². The van der Waals surface area contributed by atoms with Crippen LogP contribution in [-0.4, -0.2) is 46.7 Å². The van der Waals surface area contributed by atoms with E-state index < -0.39 is 5.97 Å². The Balaban J connectivity index is 2.76. The van der Waals surface area contributed by atoms with E-state index in [1.165, 1.54) is 17.4 Å². The number of thiophene rings is 1. The van der Waals surface area contributed by atoms with Crippen LogP contribution in [0.15, 0.2) is 17.5 Å². The third-order valence-corrected chi connectivity index (χ3v) is 3.59. The van der Waals surface area contributed by atoms with E-state index in [2.05, 4.69) is 0 Å². The van der Waals surface area contributed by atoms with Gasteiger partial charge < -0.3 is 15.1 Å². The summed E-state index contributed by atoms with van der Waals surface area (Å²) in [5.41, 5.74) is 0.532. The molecule has 1 heterocycles. The van der Waals surface area contributed by atoms with E-state index in [0.29, 0.717) is 18.7 Å². The fourth-order valence-electron chi connectivity index (χ4n) is 1.67. The number of unbranched alkanes of at least 4 members (excludes halogenated alkanes) is 1. The minimum Gasteiger partial charge on any atom is -0.478 e. The van der Waals surface area contributed by atoms with Crippen molar-refractivity contribution in [1.29, 1.82) is 0 Å². The van der Waals surface area contributed by atoms with Crippen molar-refractivity contribution >= 4 is 29.3 Å². The number of rotatable bonds is 8. The zero-order valence-corrected chi connectivity index (χ0v) is 12.2. The molecule has 0 bridgehead atoms. The molecular formula is C14H19NO4S. The van der Waals surface area contributed by atoms with Crippen molar-refractivity contribution in [2.24, 2.45) is 0 Å². The predicted octanol–water partition coefficient (Wildman–Crippen LogP) is 2.08. The number of carbonyl (C=O) groups is 2. The second-order valence-electron chi connectivity index (χ2n) is 4.28. The van der Waals surface area contributed by atoms with Crippen LogP contribution in [0.2, 0.25) is 0 Å². The highest BCUT2D eigenvalue weighted by Gasteiger charge is 2.16. The number of nitrogens with zero attached hydrogens (tertiary/aromatic N) is 1. The van der Waals surface area contributed by atoms with E-state index in [-0.39, 0.29) is 12.5 Å². The number of aliphatic hydroxyl groups is 1. The molecule has 0 saturated carbocycles. The Labute approximate surface area is 122 Å². The number of hydrogen-bond donors (Lipinski definition) is 2. The quantitative estimate of drug-likeness (QED) is 0.720. The highest BCUT2D eigenvalue weighted by molar-refractivity contribution is 7.11. The SMILES string of the molecule is CCCCN(CCO)C(=O)c1csc(C=CC(=O)O)c1. The van der Waals surface area contributed by atoms with Gasteiger partial charge in [0, 0.05) is 29.4 Å². The molecule has 0 aliphatic carbocycles. The lowest BCUT2D eigenvalue weighted by atomic mass is 10.2. The maximum Gasteiger partial charge on any atom is 0.328 e. The second kappa shape index (κ2) is 8.50. The zero-order valence-electron chi connectivity index (χ0n) is 11.4. The molecule has 5 nitrogen and oxygen atoms in total. The first-order valence-electron chi connectivity index (χ1n) is 6.48. The highest BCUT2D eigenvalue weighted by atomic mass is 32.1. The minimum atomic E-state index is -1.02. The van der Waals surface area contributed by atoms with Crippen LogP contribution in [-0.2, 0) is 4.79 Å². The first kappa shape index (κ1) is 16.4. The third kappa shape index (κ3) is 5.14. The average molecular weight is 297 g/mol. The molecule has 20 heavy (non-hydrogen) atoms. The molecule has 110 valence electrons. The van der Waals surface area contributed by atoms with Crippen molar-refractivity contribution < 1.29 is 19.8 Å². The molecule has 0 spiro atoms. The Hall–Kier alpha value is -1.66. The minimum absolute atomic E-state index is 0.0641. The van der Waals surface area contributed by atoms with Crippen LogP contribution in [0.3, 0.4) is 0 Å². The Morgan fingerprint density at radius 3 is 2.75 bits per heavy atom. The number of amides is 1. The molecular weight excluding hydrogens is 278 g/mol. The van der Waals surface area contributed by atoms with Crippen molar-refractivity contribution in [2.75, 3.05) is 19.7 Å². The van der Waals surface area contributed by atoms with Gasteiger partial charge in [0.25, 0.3) is 5.91 Å². The van der Waals surface area contributed by atoms with Gasteiger partial charge in [-0.15, -0.1) is 11.3 Å². The van der Waals surface area contributed by atoms with E-state index in [1.807, 2.05) is 6.92 Å². The van der Waals surface area contributed by atoms with E-state index in [9.17, 15) is 9.59 Å². The molecule has 0 unspecified atom stereocenters. The normalized spacial score (nSPS) is 10.9. The fourth-order valence-corrected chi connectivity index (χ4v) is 2.45. The van der Waals surface area contributed by atoms with Crippen molar-refractivity contribution in [1.82, 2.24) is 4.90 Å². The van der Waals surface area contributed by atoms with E-state index in [4.69, 9.17) is 10.2 Å². The van der Waals surface area contributed by atoms with Crippen LogP contribution >= 0.6 is 11.3 Å². The van der Waals surface area contributed by atoms with Crippen LogP contribution in [0, 0.1) is 0 Å². The molecule has 1 aromatic heterocycles. The van der Waals surface area contributed by atoms with E-state index in [0.717, 1.165) is 23.8 Å². The molecule has 0 atom stereocenters. The van der Waals surface area contributed by atoms with Crippen LogP contribution in [0.25, 0.3) is 6.08 Å². The third-order valence-electron chi connectivity index (χ3n) is 2.70. The van der Waals surface area contributed by atoms with Gasteiger partial charge in [0.2, 0.25) is 0 Å². The summed E-state index contributed by atoms with van der Waals surface area (Å²) in [5, 5.41) is 19.3. The zero-order chi connectivity index (χ0) is 15.0. The van der Waals surface area contributed by atoms with E-state index in [1.54, 1.807) is 16.3 Å². The summed E-state index contributed by atoms with van der Waals surface area (Å²) in [6, 6.07) is 1.67. The van der Waals surface area contributed by atoms with Crippen LogP contribution in [0.4, 0.5) is 0 Å². The summed E-state index contributed by atoms with van der Waals surface area (Å²) in [4.78, 5) is 25.1. The Kier molecular flexibility index (Phi) is 6.97. The number of carboxylic acid groups (broad SMARTS) is 1. The lowest BCUT2D eigenvalue weighted by Gasteiger charge is -2.20. The lowest BCUT2D eigenvalue weighted by molar-refractivity contribution is -0.131. The van der Waals surface area contributed by atoms with Gasteiger partial charge in [0.15, 0.2) is 0 Å². The molecule has 1 amide bonds. The predicted molar refractivity (Wildman–Crippen MR) is 78.9 cm³/mol. The number of carboxylic acids is 1. The molecule has 6 heteroatoms. The standard InChI is InChI=1S/C14H19NO4S/c1-2-3-6-15(7-8-16)14(19)11-9-12(20-10-11)4-5-13(17)18/h4-5,9-10,16H,2-3,6-8H2,1H3,(H,17,18). The second-order valence-corrected chi connectivity index (χ2v) is 5.22. The smallest absolute Gasteiger partial charge is 0.328 e. The van der Waals surface area contributed by atoms with Crippen molar-refractivity contribution in [3.8, 4) is 0 Å². The molecule has 2 N–H and O–H groups in total. The molecule has 0 aliphatic heterocycles. The summed E-state index contributed by atoms with van der Waals surface area (Å²) < 4.78 is 0. The Bertz CT molecular complexity index is 481. The lowest BCUT2D eigenvalue weighted by Crippen LogP contribution is -2.34. The Morgan fingerprint density at radius 1 is 1.40 bits per heavy atom. The topological polar surface area (TPSA) is 77.8 Å². The van der Waals surface area contributed by atoms with Gasteiger partial charge in [-0.3, -0.25) is 4.79 Å². The van der Waals surface area contributed by atoms with Crippen molar-refractivity contribution in [3.05, 3.63) is 28.0 Å². The molecule has 0 aromatic carbocycles. The molecule has 1 rings (SSSR count). The monoisotopic (exact) mass is 297 g/mol. The average Bonchev–Trinajstić information content (AvgIpc) is 2.89. The van der Waals surface area contributed by atoms with Gasteiger partial charge in [0.1, 0.15) is 0 Å². The molecule has 0 radical (unpaired) electrons. The highest BCUT2D eigenvalue weighted by Crippen LogP contribution is 2.18. The van der Waals surface area contributed by atoms with Crippen LogP contribution < -0.4 is 0 Å². The van der Waals surface area contributed by atoms with Gasteiger partial charge in [-0.2, -0.15) is 0 Å². The fraction of sp³-hybridized carbons (Fsp3) is 0.429. The van der Waals surface area contributed by atoms with Crippen molar-refractivity contribution in [3.63, 3.8) is 0 Å². The summed E-state index contributed by atoms with van der Waals surface area (Å²) in [5.74, 6) is -1.14. The maximum atomic E-state index is 12.3. The van der Waals surface area contributed by atoms with Gasteiger partial charge in [-0.25, -0.2) is 4.79 Å². The molecule has 0 saturated heterocycles. The molecule has 0 aliphatic rings. The number of hydrogen-bond acceptors (Lipinski definition) is 4. The Morgan fingerprint density at radius 2 is 2.15 bits per heavy atom. The van der Waals surface area contributed by atoms with Crippen LogP contribution in [0.5, 0.6) is 0 Å². The summed E-state index contributed by atoms with van der Waals surface area (Å²) in [7, 11) is 0. The van der Waals surface area contributed by atoms with E-state index >= 15 is 0 Å². The summed E-state index contributed by atoms with van der Waals surface area (Å²) in [6.45, 7) is 2.91. The first-order valence-corrected chi connectivity index (χ1v) is 7.36. The first-order chi connectivity index (χ1) is 9.58. The number of aliphatic hydroxyl groups excluding tert-OH is 1. The maximum absolute atomic E-state index is 12.3. The molecule has 0 fully saturated rings. The number of carbonyl (C=O) groups excluding carboxylic acids is 1. The summed E-state index contributed by atoms with van der Waals surface area (Å²) >= 11 is 1.32. The van der Waals surface area contributed by atoms with Gasteiger partial charge in [0.05, 0.1) is 12.2 Å². The largest absolute Gasteiger partial charge is 0.478 e. The number of aliphatic carboxylic acids is 1. The summed E-state index contributed by atoms with van der Waals surface area (Å²) in [6.07, 6.45) is 4.38. The van der Waals surface area contributed by atoms with Gasteiger partial charge in [-0.05, 0) is 18.6 Å². The molecule has 1 aromatic rings. The van der Waals surface area contributed by atoms with Crippen molar-refractivity contribution in [2.45, 2.75) is 19.8 Å². The van der Waals surface area contributed by atoms with Gasteiger partial charge >= 0.3 is 5.97 Å².